The maximum absolute atomic E-state index is 11.2. The highest BCUT2D eigenvalue weighted by Gasteiger charge is 2.11. The Morgan fingerprint density at radius 2 is 2.05 bits per heavy atom. The van der Waals surface area contributed by atoms with Crippen LogP contribution in [0.1, 0.15) is 16.1 Å². The van der Waals surface area contributed by atoms with E-state index in [4.69, 9.17) is 5.11 Å². The standard InChI is InChI=1S/C14H19N3O3/c1-16(2)7-3-4-8-17(14(19)20)10-13-9-12(11-18)5-6-15-13/h3-6,9,11H,7-8,10H2,1-2H3,(H,19,20). The van der Waals surface area contributed by atoms with Crippen molar-refractivity contribution in [2.45, 2.75) is 6.54 Å². The maximum Gasteiger partial charge on any atom is 0.407 e. The van der Waals surface area contributed by atoms with Crippen molar-refractivity contribution in [1.82, 2.24) is 14.8 Å². The zero-order valence-electron chi connectivity index (χ0n) is 11.7. The quantitative estimate of drug-likeness (QED) is 0.604. The molecular weight excluding hydrogens is 258 g/mol. The second-order valence-electron chi connectivity index (χ2n) is 4.60. The number of hydrogen-bond acceptors (Lipinski definition) is 4. The molecule has 1 amide bonds. The number of carboxylic acid groups (broad SMARTS) is 1. The maximum atomic E-state index is 11.2. The highest BCUT2D eigenvalue weighted by atomic mass is 16.4. The van der Waals surface area contributed by atoms with E-state index in [1.807, 2.05) is 25.1 Å². The Morgan fingerprint density at radius 3 is 2.65 bits per heavy atom. The van der Waals surface area contributed by atoms with E-state index in [0.29, 0.717) is 17.5 Å². The number of pyridine rings is 1. The fraction of sp³-hybridized carbons (Fsp3) is 0.357. The van der Waals surface area contributed by atoms with E-state index < -0.39 is 6.09 Å². The van der Waals surface area contributed by atoms with Gasteiger partial charge in [0, 0.05) is 24.8 Å². The molecule has 6 nitrogen and oxygen atoms in total. The van der Waals surface area contributed by atoms with Crippen molar-refractivity contribution in [3.8, 4) is 0 Å². The smallest absolute Gasteiger partial charge is 0.407 e. The van der Waals surface area contributed by atoms with E-state index >= 15 is 0 Å². The highest BCUT2D eigenvalue weighted by molar-refractivity contribution is 5.74. The van der Waals surface area contributed by atoms with Crippen LogP contribution < -0.4 is 0 Å². The first-order chi connectivity index (χ1) is 9.52. The van der Waals surface area contributed by atoms with Gasteiger partial charge in [0.05, 0.1) is 12.2 Å². The molecule has 0 aliphatic carbocycles. The first kappa shape index (κ1) is 15.8. The van der Waals surface area contributed by atoms with Crippen LogP contribution >= 0.6 is 0 Å². The lowest BCUT2D eigenvalue weighted by molar-refractivity contribution is 0.112. The lowest BCUT2D eigenvalue weighted by Gasteiger charge is -2.17. The summed E-state index contributed by atoms with van der Waals surface area (Å²) in [6.07, 6.45) is 4.91. The molecule has 0 aliphatic rings. The lowest BCUT2D eigenvalue weighted by Crippen LogP contribution is -2.29. The van der Waals surface area contributed by atoms with E-state index in [0.717, 1.165) is 6.54 Å². The molecule has 0 fully saturated rings. The van der Waals surface area contributed by atoms with E-state index in [9.17, 15) is 9.59 Å². The van der Waals surface area contributed by atoms with Crippen molar-refractivity contribution in [2.24, 2.45) is 0 Å². The molecule has 1 rings (SSSR count). The summed E-state index contributed by atoms with van der Waals surface area (Å²) in [5.41, 5.74) is 1.04. The van der Waals surface area contributed by atoms with Crippen LogP contribution in [0.2, 0.25) is 0 Å². The topological polar surface area (TPSA) is 73.7 Å². The molecule has 0 bridgehead atoms. The Kier molecular flexibility index (Phi) is 6.39. The van der Waals surface area contributed by atoms with Crippen LogP contribution in [0.15, 0.2) is 30.5 Å². The van der Waals surface area contributed by atoms with Crippen molar-refractivity contribution in [1.29, 1.82) is 0 Å². The van der Waals surface area contributed by atoms with E-state index in [1.54, 1.807) is 18.2 Å². The second-order valence-corrected chi connectivity index (χ2v) is 4.60. The number of carbonyl (C=O) groups excluding carboxylic acids is 1. The summed E-state index contributed by atoms with van der Waals surface area (Å²) in [5, 5.41) is 9.15. The molecule has 6 heteroatoms. The van der Waals surface area contributed by atoms with Crippen molar-refractivity contribution >= 4 is 12.4 Å². The van der Waals surface area contributed by atoms with Crippen LogP contribution in [-0.4, -0.2) is 59.5 Å². The van der Waals surface area contributed by atoms with Gasteiger partial charge in [-0.3, -0.25) is 14.7 Å². The summed E-state index contributed by atoms with van der Waals surface area (Å²) >= 11 is 0. The van der Waals surface area contributed by atoms with Gasteiger partial charge >= 0.3 is 6.09 Å². The van der Waals surface area contributed by atoms with Crippen LogP contribution in [0.3, 0.4) is 0 Å². The number of hydrogen-bond donors (Lipinski definition) is 1. The third-order valence-corrected chi connectivity index (χ3v) is 2.56. The van der Waals surface area contributed by atoms with Crippen LogP contribution in [-0.2, 0) is 6.54 Å². The highest BCUT2D eigenvalue weighted by Crippen LogP contribution is 2.04. The minimum Gasteiger partial charge on any atom is -0.465 e. The monoisotopic (exact) mass is 277 g/mol. The summed E-state index contributed by atoms with van der Waals surface area (Å²) in [6.45, 7) is 1.20. The molecule has 0 atom stereocenters. The van der Waals surface area contributed by atoms with Gasteiger partial charge in [-0.1, -0.05) is 12.2 Å². The summed E-state index contributed by atoms with van der Waals surface area (Å²) < 4.78 is 0. The molecular formula is C14H19N3O3. The molecule has 1 aromatic heterocycles. The van der Waals surface area contributed by atoms with E-state index in [1.165, 1.54) is 11.1 Å². The van der Waals surface area contributed by atoms with Crippen molar-refractivity contribution in [2.75, 3.05) is 27.2 Å². The molecule has 0 spiro atoms. The minimum absolute atomic E-state index is 0.156. The van der Waals surface area contributed by atoms with Gasteiger partial charge < -0.3 is 10.0 Å². The third-order valence-electron chi connectivity index (χ3n) is 2.56. The molecule has 0 radical (unpaired) electrons. The predicted molar refractivity (Wildman–Crippen MR) is 75.8 cm³/mol. The molecule has 108 valence electrons. The number of aromatic nitrogens is 1. The lowest BCUT2D eigenvalue weighted by atomic mass is 10.2. The molecule has 1 heterocycles. The number of aldehydes is 1. The Hall–Kier alpha value is -2.21. The Balaban J connectivity index is 2.64. The molecule has 20 heavy (non-hydrogen) atoms. The zero-order chi connectivity index (χ0) is 15.0. The number of nitrogens with zero attached hydrogens (tertiary/aromatic N) is 3. The van der Waals surface area contributed by atoms with Gasteiger partial charge in [-0.05, 0) is 26.2 Å². The average Bonchev–Trinajstić information content (AvgIpc) is 2.42. The van der Waals surface area contributed by atoms with Crippen molar-refractivity contribution < 1.29 is 14.7 Å². The number of amides is 1. The number of likely N-dealkylation sites (N-methyl/N-ethyl adjacent to an activating group) is 1. The fourth-order valence-electron chi connectivity index (χ4n) is 1.55. The van der Waals surface area contributed by atoms with Crippen LogP contribution in [0, 0.1) is 0 Å². The normalized spacial score (nSPS) is 10.9. The first-order valence-electron chi connectivity index (χ1n) is 6.20. The van der Waals surface area contributed by atoms with E-state index in [2.05, 4.69) is 4.98 Å². The van der Waals surface area contributed by atoms with Gasteiger partial charge in [-0.2, -0.15) is 0 Å². The summed E-state index contributed by atoms with van der Waals surface area (Å²) in [4.78, 5) is 29.1. The molecule has 0 saturated carbocycles. The van der Waals surface area contributed by atoms with Gasteiger partial charge in [0.2, 0.25) is 0 Å². The summed E-state index contributed by atoms with van der Waals surface area (Å²) in [7, 11) is 3.88. The number of rotatable bonds is 7. The SMILES string of the molecule is CN(C)CC=CCN(Cc1cc(C=O)ccn1)C(=O)O. The van der Waals surface area contributed by atoms with Gasteiger partial charge in [0.15, 0.2) is 0 Å². The fourth-order valence-corrected chi connectivity index (χ4v) is 1.55. The van der Waals surface area contributed by atoms with Gasteiger partial charge in [0.25, 0.3) is 0 Å². The largest absolute Gasteiger partial charge is 0.465 e. The van der Waals surface area contributed by atoms with Crippen LogP contribution in [0.4, 0.5) is 4.79 Å². The molecule has 0 saturated heterocycles. The molecule has 0 aliphatic heterocycles. The van der Waals surface area contributed by atoms with Crippen molar-refractivity contribution in [3.05, 3.63) is 41.7 Å². The molecule has 1 aromatic rings. The number of carbonyl (C=O) groups is 2. The minimum atomic E-state index is -1.02. The van der Waals surface area contributed by atoms with Gasteiger partial charge in [-0.15, -0.1) is 0 Å². The Morgan fingerprint density at radius 1 is 1.35 bits per heavy atom. The van der Waals surface area contributed by atoms with Crippen molar-refractivity contribution in [3.63, 3.8) is 0 Å². The van der Waals surface area contributed by atoms with Crippen LogP contribution in [0.25, 0.3) is 0 Å². The predicted octanol–water partition coefficient (Wildman–Crippen LogP) is 1.49. The zero-order valence-corrected chi connectivity index (χ0v) is 11.7. The van der Waals surface area contributed by atoms with Gasteiger partial charge in [-0.25, -0.2) is 4.79 Å². The van der Waals surface area contributed by atoms with E-state index in [-0.39, 0.29) is 13.1 Å². The van der Waals surface area contributed by atoms with Crippen LogP contribution in [0.5, 0.6) is 0 Å². The molecule has 0 aromatic carbocycles. The second kappa shape index (κ2) is 8.06. The molecule has 0 unspecified atom stereocenters. The Labute approximate surface area is 118 Å². The Bertz CT molecular complexity index is 486. The summed E-state index contributed by atoms with van der Waals surface area (Å²) in [6, 6.07) is 3.17. The first-order valence-corrected chi connectivity index (χ1v) is 6.20. The third kappa shape index (κ3) is 5.62. The average molecular weight is 277 g/mol. The van der Waals surface area contributed by atoms with Gasteiger partial charge in [0.1, 0.15) is 6.29 Å². The molecule has 1 N–H and O–H groups in total. The summed E-state index contributed by atoms with van der Waals surface area (Å²) in [5.74, 6) is 0.